The smallest absolute Gasteiger partial charge is 0.234 e. The normalized spacial score (nSPS) is 36.2. The number of imide groups is 2. The molecule has 0 aromatic heterocycles. The topological polar surface area (TPSA) is 93.2 Å². The van der Waals surface area contributed by atoms with Gasteiger partial charge >= 0.3 is 0 Å². The van der Waals surface area contributed by atoms with E-state index in [1.54, 1.807) is 0 Å². The van der Waals surface area contributed by atoms with E-state index in [4.69, 9.17) is 9.47 Å². The van der Waals surface area contributed by atoms with Gasteiger partial charge in [0.1, 0.15) is 0 Å². The molecule has 8 heteroatoms. The van der Waals surface area contributed by atoms with Gasteiger partial charge in [0, 0.05) is 24.5 Å². The Labute approximate surface area is 257 Å². The van der Waals surface area contributed by atoms with E-state index >= 15 is 0 Å². The zero-order valence-electron chi connectivity index (χ0n) is 25.0. The van der Waals surface area contributed by atoms with Crippen LogP contribution in [0, 0.1) is 35.0 Å². The van der Waals surface area contributed by atoms with Gasteiger partial charge in [-0.1, -0.05) is 67.6 Å². The fraction of sp³-hybridized carbons (Fsp3) is 0.500. The molecule has 8 nitrogen and oxygen atoms in total. The molecule has 3 aliphatic carbocycles. The minimum absolute atomic E-state index is 0.182. The molecular weight excluding hydrogens is 556 g/mol. The number of carbonyl (C=O) groups excluding carboxylic acids is 4. The molecule has 2 aromatic rings. The molecule has 1 saturated carbocycles. The molecule has 228 valence electrons. The molecule has 0 radical (unpaired) electrons. The Bertz CT molecular complexity index is 1480. The molecule has 0 N–H and O–H groups in total. The highest BCUT2D eigenvalue weighted by Gasteiger charge is 2.77. The van der Waals surface area contributed by atoms with Gasteiger partial charge in [0.2, 0.25) is 23.6 Å². The van der Waals surface area contributed by atoms with E-state index in [9.17, 15) is 19.2 Å². The Kier molecular flexibility index (Phi) is 6.65. The van der Waals surface area contributed by atoms with E-state index in [1.165, 1.54) is 9.80 Å². The number of likely N-dealkylation sites (tertiary alicyclic amines) is 2. The SMILES string of the molecule is CCC12C(c3ccccc3)=C(c3ccccc3)C([C@@H]3C(=O)N(C[C@@H]4CCCO4)C(=O)[C@@H]31)[C@@H]1C(=O)N(C[C@@H]3CCCO3)C(=O)[C@@H]12. The second kappa shape index (κ2) is 10.5. The highest BCUT2D eigenvalue weighted by Crippen LogP contribution is 2.73. The Morgan fingerprint density at radius 3 is 1.57 bits per heavy atom. The molecule has 4 saturated heterocycles. The first-order valence-corrected chi connectivity index (χ1v) is 16.3. The summed E-state index contributed by atoms with van der Waals surface area (Å²) in [5, 5.41) is 0. The van der Waals surface area contributed by atoms with Crippen LogP contribution in [0.15, 0.2) is 60.7 Å². The summed E-state index contributed by atoms with van der Waals surface area (Å²) in [4.78, 5) is 61.2. The fourth-order valence-corrected chi connectivity index (χ4v) is 9.76. The number of hydrogen-bond acceptors (Lipinski definition) is 6. The third-order valence-corrected chi connectivity index (χ3v) is 11.4. The van der Waals surface area contributed by atoms with E-state index < -0.39 is 35.0 Å². The van der Waals surface area contributed by atoms with Crippen LogP contribution in [-0.2, 0) is 28.7 Å². The van der Waals surface area contributed by atoms with Crippen LogP contribution in [0.5, 0.6) is 0 Å². The third kappa shape index (κ3) is 3.76. The summed E-state index contributed by atoms with van der Waals surface area (Å²) in [7, 11) is 0. The first kappa shape index (κ1) is 27.9. The zero-order chi connectivity index (χ0) is 30.2. The maximum Gasteiger partial charge on any atom is 0.234 e. The summed E-state index contributed by atoms with van der Waals surface area (Å²) in [5.41, 5.74) is 2.71. The van der Waals surface area contributed by atoms with Gasteiger partial charge in [0.25, 0.3) is 0 Å². The van der Waals surface area contributed by atoms with Crippen molar-refractivity contribution in [3.05, 3.63) is 71.8 Å². The van der Waals surface area contributed by atoms with Crippen molar-refractivity contribution in [2.24, 2.45) is 35.0 Å². The molecule has 2 aromatic carbocycles. The van der Waals surface area contributed by atoms with Crippen LogP contribution in [0.4, 0.5) is 0 Å². The molecule has 0 unspecified atom stereocenters. The minimum atomic E-state index is -1.04. The van der Waals surface area contributed by atoms with E-state index in [2.05, 4.69) is 0 Å². The van der Waals surface area contributed by atoms with Crippen LogP contribution in [0.1, 0.15) is 50.2 Å². The Morgan fingerprint density at radius 2 is 1.14 bits per heavy atom. The number of allylic oxidation sites excluding steroid dienone is 2. The van der Waals surface area contributed by atoms with Crippen LogP contribution in [0.25, 0.3) is 11.1 Å². The molecular formula is C36H38N2O6. The third-order valence-electron chi connectivity index (χ3n) is 11.4. The molecule has 4 heterocycles. The quantitative estimate of drug-likeness (QED) is 0.447. The first-order valence-electron chi connectivity index (χ1n) is 16.3. The van der Waals surface area contributed by atoms with E-state index in [-0.39, 0.29) is 48.9 Å². The van der Waals surface area contributed by atoms with Gasteiger partial charge < -0.3 is 9.47 Å². The summed E-state index contributed by atoms with van der Waals surface area (Å²) < 4.78 is 11.7. The maximum atomic E-state index is 14.6. The van der Waals surface area contributed by atoms with Crippen LogP contribution in [-0.4, -0.2) is 71.9 Å². The predicted octanol–water partition coefficient (Wildman–Crippen LogP) is 4.20. The van der Waals surface area contributed by atoms with Crippen molar-refractivity contribution < 1.29 is 28.7 Å². The summed E-state index contributed by atoms with van der Waals surface area (Å²) in [6.45, 7) is 3.72. The summed E-state index contributed by atoms with van der Waals surface area (Å²) in [6, 6.07) is 19.9. The van der Waals surface area contributed by atoms with Gasteiger partial charge in [-0.3, -0.25) is 29.0 Å². The van der Waals surface area contributed by atoms with Crippen LogP contribution in [0.3, 0.4) is 0 Å². The lowest BCUT2D eigenvalue weighted by Gasteiger charge is -2.59. The van der Waals surface area contributed by atoms with E-state index in [0.29, 0.717) is 19.6 Å². The highest BCUT2D eigenvalue weighted by atomic mass is 16.5. The standard InChI is InChI=1S/C36H38N2O6/c1-2-36-29(22-13-7-4-8-14-22)25(21-11-5-3-6-12-21)26(27-30(36)34(41)37(32(27)39)19-23-15-9-17-43-23)28-31(36)35(42)38(33(28)40)20-24-16-10-18-44-24/h3-8,11-14,23-24,26-28,30-31H,2,9-10,15-20H2,1H3/t23-,24-,26?,27-,28-,30+,31+,36?/m0/s1. The van der Waals surface area contributed by atoms with Crippen molar-refractivity contribution in [1.29, 1.82) is 0 Å². The van der Waals surface area contributed by atoms with Crippen molar-refractivity contribution in [1.82, 2.24) is 9.80 Å². The minimum Gasteiger partial charge on any atom is -0.376 e. The predicted molar refractivity (Wildman–Crippen MR) is 161 cm³/mol. The Balaban J connectivity index is 1.36. The lowest BCUT2D eigenvalue weighted by molar-refractivity contribution is -0.146. The number of amides is 4. The van der Waals surface area contributed by atoms with Crippen molar-refractivity contribution >= 4 is 34.8 Å². The van der Waals surface area contributed by atoms with Gasteiger partial charge in [-0.15, -0.1) is 0 Å². The summed E-state index contributed by atoms with van der Waals surface area (Å²) in [5.74, 6) is -4.39. The number of nitrogens with zero attached hydrogens (tertiary/aromatic N) is 2. The summed E-state index contributed by atoms with van der Waals surface area (Å²) in [6.07, 6.45) is 3.50. The fourth-order valence-electron chi connectivity index (χ4n) is 9.76. The van der Waals surface area contributed by atoms with Gasteiger partial charge in [-0.25, -0.2) is 0 Å². The highest BCUT2D eigenvalue weighted by molar-refractivity contribution is 6.17. The lowest BCUT2D eigenvalue weighted by Crippen LogP contribution is -2.60. The number of ether oxygens (including phenoxy) is 2. The second-order valence-electron chi connectivity index (χ2n) is 13.3. The molecule has 4 amide bonds. The largest absolute Gasteiger partial charge is 0.376 e. The number of hydrogen-bond donors (Lipinski definition) is 0. The van der Waals surface area contributed by atoms with Crippen molar-refractivity contribution in [2.45, 2.75) is 51.2 Å². The zero-order valence-corrected chi connectivity index (χ0v) is 25.0. The lowest BCUT2D eigenvalue weighted by atomic mass is 9.40. The molecule has 2 bridgehead atoms. The van der Waals surface area contributed by atoms with Gasteiger partial charge in [0.05, 0.1) is 49.0 Å². The molecule has 6 atom stereocenters. The average Bonchev–Trinajstić information content (AvgIpc) is 3.86. The molecule has 44 heavy (non-hydrogen) atoms. The van der Waals surface area contributed by atoms with Crippen molar-refractivity contribution in [2.75, 3.05) is 26.3 Å². The first-order chi connectivity index (χ1) is 21.5. The Morgan fingerprint density at radius 1 is 0.659 bits per heavy atom. The molecule has 5 fully saturated rings. The maximum absolute atomic E-state index is 14.6. The molecule has 9 rings (SSSR count). The monoisotopic (exact) mass is 594 g/mol. The average molecular weight is 595 g/mol. The molecule has 7 aliphatic rings. The van der Waals surface area contributed by atoms with Gasteiger partial charge in [0.15, 0.2) is 0 Å². The number of carbonyl (C=O) groups is 4. The van der Waals surface area contributed by atoms with Crippen LogP contribution < -0.4 is 0 Å². The van der Waals surface area contributed by atoms with Crippen molar-refractivity contribution in [3.63, 3.8) is 0 Å². The van der Waals surface area contributed by atoms with Crippen LogP contribution >= 0.6 is 0 Å². The molecule has 4 aliphatic heterocycles. The van der Waals surface area contributed by atoms with E-state index in [0.717, 1.165) is 48.0 Å². The summed E-state index contributed by atoms with van der Waals surface area (Å²) >= 11 is 0. The van der Waals surface area contributed by atoms with Gasteiger partial charge in [-0.2, -0.15) is 0 Å². The van der Waals surface area contributed by atoms with Crippen molar-refractivity contribution in [3.8, 4) is 0 Å². The number of benzene rings is 2. The Hall–Kier alpha value is -3.62. The molecule has 0 spiro atoms. The van der Waals surface area contributed by atoms with Gasteiger partial charge in [-0.05, 0) is 54.4 Å². The number of rotatable bonds is 7. The second-order valence-corrected chi connectivity index (χ2v) is 13.3. The van der Waals surface area contributed by atoms with E-state index in [1.807, 2.05) is 67.6 Å². The van der Waals surface area contributed by atoms with Crippen LogP contribution in [0.2, 0.25) is 0 Å².